The number of hydrogen-bond acceptors (Lipinski definition) is 4. The Morgan fingerprint density at radius 2 is 2.12 bits per heavy atom. The van der Waals surface area contributed by atoms with Gasteiger partial charge in [0, 0.05) is 11.4 Å². The van der Waals surface area contributed by atoms with E-state index in [1.165, 1.54) is 4.88 Å². The molecule has 4 nitrogen and oxygen atoms in total. The van der Waals surface area contributed by atoms with Crippen LogP contribution in [0.3, 0.4) is 0 Å². The largest absolute Gasteiger partial charge is 0.320 e. The molecule has 0 amide bonds. The number of unbranched alkanes of at least 4 members (excludes halogenated alkanes) is 1. The monoisotopic (exact) mass is 276 g/mol. The molecule has 0 saturated heterocycles. The zero-order valence-electron chi connectivity index (χ0n) is 10.1. The third-order valence-electron chi connectivity index (χ3n) is 2.36. The summed E-state index contributed by atoms with van der Waals surface area (Å²) in [6.45, 7) is 1.36. The van der Waals surface area contributed by atoms with Crippen LogP contribution in [0.15, 0.2) is 17.5 Å². The Hall–Kier alpha value is -0.430. The Bertz CT molecular complexity index is 388. The van der Waals surface area contributed by atoms with E-state index in [2.05, 4.69) is 10.0 Å². The number of nitrogens with one attached hydrogen (secondary N) is 2. The third-order valence-corrected chi connectivity index (χ3v) is 4.77. The second-order valence-electron chi connectivity index (χ2n) is 3.85. The normalized spacial score (nSPS) is 11.8. The van der Waals surface area contributed by atoms with Crippen LogP contribution in [0.25, 0.3) is 0 Å². The predicted octanol–water partition coefficient (Wildman–Crippen LogP) is 1.21. The van der Waals surface area contributed by atoms with E-state index in [1.54, 1.807) is 11.3 Å². The van der Waals surface area contributed by atoms with Crippen LogP contribution < -0.4 is 10.0 Å². The van der Waals surface area contributed by atoms with Gasteiger partial charge >= 0.3 is 0 Å². The second-order valence-corrected chi connectivity index (χ2v) is 6.81. The molecule has 0 aliphatic carbocycles. The lowest BCUT2D eigenvalue weighted by atomic mass is 10.3. The first-order chi connectivity index (χ1) is 8.14. The van der Waals surface area contributed by atoms with Crippen LogP contribution in [0.5, 0.6) is 0 Å². The van der Waals surface area contributed by atoms with E-state index in [0.717, 1.165) is 19.4 Å². The Morgan fingerprint density at radius 1 is 1.29 bits per heavy atom. The smallest absolute Gasteiger partial charge is 0.211 e. The lowest BCUT2D eigenvalue weighted by Gasteiger charge is -2.05. The molecule has 0 radical (unpaired) electrons. The van der Waals surface area contributed by atoms with Gasteiger partial charge in [0.25, 0.3) is 0 Å². The molecular formula is C11H20N2O2S2. The molecule has 0 aromatic carbocycles. The summed E-state index contributed by atoms with van der Waals surface area (Å²) in [5.74, 6) is 0.221. The molecule has 0 aliphatic heterocycles. The van der Waals surface area contributed by atoms with E-state index in [9.17, 15) is 8.42 Å². The van der Waals surface area contributed by atoms with Crippen molar-refractivity contribution in [3.05, 3.63) is 22.4 Å². The maximum absolute atomic E-state index is 11.6. The molecule has 0 fully saturated rings. The van der Waals surface area contributed by atoms with E-state index in [-0.39, 0.29) is 5.75 Å². The van der Waals surface area contributed by atoms with Crippen LogP contribution in [-0.4, -0.2) is 34.3 Å². The average Bonchev–Trinajstić information content (AvgIpc) is 2.77. The topological polar surface area (TPSA) is 58.2 Å². The predicted molar refractivity (Wildman–Crippen MR) is 73.0 cm³/mol. The van der Waals surface area contributed by atoms with Crippen molar-refractivity contribution in [3.8, 4) is 0 Å². The van der Waals surface area contributed by atoms with Crippen LogP contribution in [0, 0.1) is 0 Å². The first-order valence-electron chi connectivity index (χ1n) is 5.78. The van der Waals surface area contributed by atoms with Crippen molar-refractivity contribution in [2.75, 3.05) is 25.9 Å². The van der Waals surface area contributed by atoms with Gasteiger partial charge in [-0.3, -0.25) is 0 Å². The molecule has 1 aromatic heterocycles. The minimum atomic E-state index is -3.09. The Kier molecular flexibility index (Phi) is 6.72. The zero-order valence-corrected chi connectivity index (χ0v) is 11.7. The fourth-order valence-electron chi connectivity index (χ4n) is 1.45. The van der Waals surface area contributed by atoms with E-state index >= 15 is 0 Å². The van der Waals surface area contributed by atoms with Crippen molar-refractivity contribution in [3.63, 3.8) is 0 Å². The van der Waals surface area contributed by atoms with Gasteiger partial charge in [-0.15, -0.1) is 11.3 Å². The summed E-state index contributed by atoms with van der Waals surface area (Å²) in [4.78, 5) is 1.21. The zero-order chi connectivity index (χ0) is 12.6. The Balaban J connectivity index is 2.16. The molecule has 0 unspecified atom stereocenters. The van der Waals surface area contributed by atoms with Gasteiger partial charge < -0.3 is 5.32 Å². The van der Waals surface area contributed by atoms with Gasteiger partial charge in [-0.05, 0) is 44.3 Å². The van der Waals surface area contributed by atoms with Crippen molar-refractivity contribution in [1.82, 2.24) is 10.0 Å². The molecule has 98 valence electrons. The number of thiophene rings is 1. The first kappa shape index (κ1) is 14.6. The standard InChI is InChI=1S/C11H20N2O2S2/c1-12-7-2-3-10-17(14,15)13-8-6-11-5-4-9-16-11/h4-5,9,12-13H,2-3,6-8,10H2,1H3. The number of sulfonamides is 1. The van der Waals surface area contributed by atoms with E-state index in [1.807, 2.05) is 24.6 Å². The van der Waals surface area contributed by atoms with Gasteiger partial charge in [0.05, 0.1) is 5.75 Å². The van der Waals surface area contributed by atoms with E-state index in [4.69, 9.17) is 0 Å². The Labute approximate surface area is 107 Å². The van der Waals surface area contributed by atoms with Gasteiger partial charge in [-0.2, -0.15) is 0 Å². The lowest BCUT2D eigenvalue weighted by molar-refractivity contribution is 0.576. The van der Waals surface area contributed by atoms with Crippen LogP contribution in [0.4, 0.5) is 0 Å². The van der Waals surface area contributed by atoms with Gasteiger partial charge in [0.1, 0.15) is 0 Å². The molecule has 6 heteroatoms. The summed E-state index contributed by atoms with van der Waals surface area (Å²) in [6, 6.07) is 4.00. The van der Waals surface area contributed by atoms with Crippen molar-refractivity contribution in [1.29, 1.82) is 0 Å². The summed E-state index contributed by atoms with van der Waals surface area (Å²) in [5.41, 5.74) is 0. The van der Waals surface area contributed by atoms with Gasteiger partial charge in [-0.1, -0.05) is 6.07 Å². The van der Waals surface area contributed by atoms with Crippen molar-refractivity contribution in [2.45, 2.75) is 19.3 Å². The highest BCUT2D eigenvalue weighted by atomic mass is 32.2. The van der Waals surface area contributed by atoms with Crippen LogP contribution >= 0.6 is 11.3 Å². The highest BCUT2D eigenvalue weighted by molar-refractivity contribution is 7.89. The van der Waals surface area contributed by atoms with Gasteiger partial charge in [-0.25, -0.2) is 13.1 Å². The molecule has 0 bridgehead atoms. The quantitative estimate of drug-likeness (QED) is 0.667. The van der Waals surface area contributed by atoms with Crippen LogP contribution in [-0.2, 0) is 16.4 Å². The molecule has 17 heavy (non-hydrogen) atoms. The fraction of sp³-hybridized carbons (Fsp3) is 0.636. The molecule has 0 aliphatic rings. The SMILES string of the molecule is CNCCCCS(=O)(=O)NCCc1cccs1. The van der Waals surface area contributed by atoms with E-state index < -0.39 is 10.0 Å². The average molecular weight is 276 g/mol. The molecule has 2 N–H and O–H groups in total. The summed E-state index contributed by atoms with van der Waals surface area (Å²) in [5, 5.41) is 5.00. The highest BCUT2D eigenvalue weighted by Crippen LogP contribution is 2.08. The van der Waals surface area contributed by atoms with Crippen molar-refractivity contribution in [2.24, 2.45) is 0 Å². The van der Waals surface area contributed by atoms with Crippen molar-refractivity contribution < 1.29 is 8.42 Å². The minimum absolute atomic E-state index is 0.221. The lowest BCUT2D eigenvalue weighted by Crippen LogP contribution is -2.28. The minimum Gasteiger partial charge on any atom is -0.320 e. The molecule has 0 spiro atoms. The second kappa shape index (κ2) is 7.81. The number of rotatable bonds is 9. The van der Waals surface area contributed by atoms with Gasteiger partial charge in [0.15, 0.2) is 0 Å². The van der Waals surface area contributed by atoms with Crippen LogP contribution in [0.2, 0.25) is 0 Å². The summed E-state index contributed by atoms with van der Waals surface area (Å²) >= 11 is 1.65. The summed E-state index contributed by atoms with van der Waals surface area (Å²) in [6.07, 6.45) is 2.37. The maximum Gasteiger partial charge on any atom is 0.211 e. The fourth-order valence-corrected chi connectivity index (χ4v) is 3.30. The first-order valence-corrected chi connectivity index (χ1v) is 8.31. The third kappa shape index (κ3) is 6.78. The summed E-state index contributed by atoms with van der Waals surface area (Å²) in [7, 11) is -1.22. The molecule has 0 atom stereocenters. The Morgan fingerprint density at radius 3 is 2.76 bits per heavy atom. The number of hydrogen-bond donors (Lipinski definition) is 2. The van der Waals surface area contributed by atoms with Gasteiger partial charge in [0.2, 0.25) is 10.0 Å². The molecule has 1 aromatic rings. The molecule has 0 saturated carbocycles. The molecule has 1 heterocycles. The summed E-state index contributed by atoms with van der Waals surface area (Å²) < 4.78 is 25.8. The van der Waals surface area contributed by atoms with E-state index in [0.29, 0.717) is 13.0 Å². The maximum atomic E-state index is 11.6. The molecular weight excluding hydrogens is 256 g/mol. The van der Waals surface area contributed by atoms with Crippen LogP contribution in [0.1, 0.15) is 17.7 Å². The van der Waals surface area contributed by atoms with Crippen molar-refractivity contribution >= 4 is 21.4 Å². The molecule has 1 rings (SSSR count). The highest BCUT2D eigenvalue weighted by Gasteiger charge is 2.08.